The largest absolute Gasteiger partial charge is 0.329 e. The molecule has 0 radical (unpaired) electrons. The SMILES string of the molecule is CC1(C)CCC(NC(CN)c2cc(Cl)ccc2F)C1. The van der Waals surface area contributed by atoms with Crippen LogP contribution in [0, 0.1) is 11.2 Å². The molecule has 1 saturated carbocycles. The van der Waals surface area contributed by atoms with Crippen molar-refractivity contribution in [2.45, 2.75) is 45.2 Å². The fraction of sp³-hybridized carbons (Fsp3) is 0.600. The zero-order chi connectivity index (χ0) is 14.0. The summed E-state index contributed by atoms with van der Waals surface area (Å²) in [4.78, 5) is 0. The maximum atomic E-state index is 13.9. The first-order valence-corrected chi connectivity index (χ1v) is 7.20. The van der Waals surface area contributed by atoms with Gasteiger partial charge in [-0.2, -0.15) is 0 Å². The summed E-state index contributed by atoms with van der Waals surface area (Å²) < 4.78 is 13.9. The van der Waals surface area contributed by atoms with Crippen LogP contribution in [-0.4, -0.2) is 12.6 Å². The van der Waals surface area contributed by atoms with E-state index in [2.05, 4.69) is 19.2 Å². The Morgan fingerprint density at radius 2 is 2.26 bits per heavy atom. The number of halogens is 2. The van der Waals surface area contributed by atoms with Crippen molar-refractivity contribution in [3.63, 3.8) is 0 Å². The van der Waals surface area contributed by atoms with Gasteiger partial charge in [-0.3, -0.25) is 0 Å². The highest BCUT2D eigenvalue weighted by Crippen LogP contribution is 2.38. The van der Waals surface area contributed by atoms with E-state index in [1.54, 1.807) is 12.1 Å². The second kappa shape index (κ2) is 5.78. The molecule has 2 nitrogen and oxygen atoms in total. The van der Waals surface area contributed by atoms with Gasteiger partial charge in [0.25, 0.3) is 0 Å². The first-order valence-electron chi connectivity index (χ1n) is 6.82. The standard InChI is InChI=1S/C15H22ClFN2/c1-15(2)6-5-11(8-15)19-14(9-18)12-7-10(16)3-4-13(12)17/h3-4,7,11,14,19H,5-6,8-9,18H2,1-2H3. The van der Waals surface area contributed by atoms with Crippen LogP contribution in [0.15, 0.2) is 18.2 Å². The van der Waals surface area contributed by atoms with E-state index in [0.29, 0.717) is 28.6 Å². The lowest BCUT2D eigenvalue weighted by Gasteiger charge is -2.24. The van der Waals surface area contributed by atoms with Crippen molar-refractivity contribution in [3.8, 4) is 0 Å². The maximum Gasteiger partial charge on any atom is 0.128 e. The molecule has 2 atom stereocenters. The first-order chi connectivity index (χ1) is 8.91. The summed E-state index contributed by atoms with van der Waals surface area (Å²) in [7, 11) is 0. The molecule has 0 amide bonds. The second-order valence-electron chi connectivity index (χ2n) is 6.22. The minimum absolute atomic E-state index is 0.169. The van der Waals surface area contributed by atoms with Crippen LogP contribution >= 0.6 is 11.6 Å². The van der Waals surface area contributed by atoms with E-state index < -0.39 is 0 Å². The van der Waals surface area contributed by atoms with Crippen LogP contribution < -0.4 is 11.1 Å². The van der Waals surface area contributed by atoms with Gasteiger partial charge < -0.3 is 11.1 Å². The van der Waals surface area contributed by atoms with Gasteiger partial charge in [0.2, 0.25) is 0 Å². The summed E-state index contributed by atoms with van der Waals surface area (Å²) in [6.07, 6.45) is 3.41. The van der Waals surface area contributed by atoms with Crippen molar-refractivity contribution in [1.82, 2.24) is 5.32 Å². The molecule has 1 aromatic carbocycles. The van der Waals surface area contributed by atoms with Crippen LogP contribution in [0.2, 0.25) is 5.02 Å². The van der Waals surface area contributed by atoms with Crippen molar-refractivity contribution in [3.05, 3.63) is 34.6 Å². The normalized spacial score (nSPS) is 23.5. The molecule has 1 aliphatic carbocycles. The molecule has 0 saturated heterocycles. The van der Waals surface area contributed by atoms with Gasteiger partial charge in [0, 0.05) is 29.2 Å². The lowest BCUT2D eigenvalue weighted by atomic mass is 9.91. The highest BCUT2D eigenvalue weighted by atomic mass is 35.5. The Balaban J connectivity index is 2.10. The van der Waals surface area contributed by atoms with Crippen molar-refractivity contribution in [1.29, 1.82) is 0 Å². The quantitative estimate of drug-likeness (QED) is 0.886. The third-order valence-corrected chi connectivity index (χ3v) is 4.21. The fourth-order valence-electron chi connectivity index (χ4n) is 2.93. The molecular weight excluding hydrogens is 263 g/mol. The van der Waals surface area contributed by atoms with E-state index in [0.717, 1.165) is 12.8 Å². The van der Waals surface area contributed by atoms with Crippen molar-refractivity contribution in [2.75, 3.05) is 6.54 Å². The average Bonchev–Trinajstić information content (AvgIpc) is 2.69. The molecule has 1 fully saturated rings. The van der Waals surface area contributed by atoms with Crippen LogP contribution in [0.5, 0.6) is 0 Å². The Labute approximate surface area is 119 Å². The zero-order valence-corrected chi connectivity index (χ0v) is 12.3. The van der Waals surface area contributed by atoms with Gasteiger partial charge >= 0.3 is 0 Å². The van der Waals surface area contributed by atoms with Gasteiger partial charge in [0.05, 0.1) is 0 Å². The number of rotatable bonds is 4. The topological polar surface area (TPSA) is 38.0 Å². The number of nitrogens with two attached hydrogens (primary N) is 1. The molecule has 2 rings (SSSR count). The molecule has 4 heteroatoms. The Hall–Kier alpha value is -0.640. The van der Waals surface area contributed by atoms with Crippen molar-refractivity contribution in [2.24, 2.45) is 11.1 Å². The lowest BCUT2D eigenvalue weighted by Crippen LogP contribution is -2.36. The molecule has 0 spiro atoms. The molecule has 19 heavy (non-hydrogen) atoms. The summed E-state index contributed by atoms with van der Waals surface area (Å²) in [6.45, 7) is 4.91. The highest BCUT2D eigenvalue weighted by Gasteiger charge is 2.32. The molecule has 1 aromatic rings. The minimum atomic E-state index is -0.246. The number of nitrogens with one attached hydrogen (secondary N) is 1. The predicted octanol–water partition coefficient (Wildman–Crippen LogP) is 3.65. The fourth-order valence-corrected chi connectivity index (χ4v) is 3.11. The van der Waals surface area contributed by atoms with E-state index in [4.69, 9.17) is 17.3 Å². The van der Waals surface area contributed by atoms with E-state index in [9.17, 15) is 4.39 Å². The maximum absolute atomic E-state index is 13.9. The van der Waals surface area contributed by atoms with E-state index in [-0.39, 0.29) is 11.9 Å². The van der Waals surface area contributed by atoms with Crippen LogP contribution in [0.25, 0.3) is 0 Å². The number of hydrogen-bond acceptors (Lipinski definition) is 2. The van der Waals surface area contributed by atoms with Crippen molar-refractivity contribution >= 4 is 11.6 Å². The van der Waals surface area contributed by atoms with Gasteiger partial charge in [-0.05, 0) is 42.9 Å². The lowest BCUT2D eigenvalue weighted by molar-refractivity contribution is 0.351. The van der Waals surface area contributed by atoms with Crippen LogP contribution in [0.3, 0.4) is 0 Å². The Bertz CT molecular complexity index is 448. The summed E-state index contributed by atoms with van der Waals surface area (Å²) in [6, 6.07) is 4.87. The molecule has 3 N–H and O–H groups in total. The average molecular weight is 285 g/mol. The smallest absolute Gasteiger partial charge is 0.128 e. The number of benzene rings is 1. The number of hydrogen-bond donors (Lipinski definition) is 2. The molecule has 106 valence electrons. The van der Waals surface area contributed by atoms with Gasteiger partial charge in [0.15, 0.2) is 0 Å². The summed E-state index contributed by atoms with van der Waals surface area (Å²) in [5.41, 5.74) is 6.73. The van der Waals surface area contributed by atoms with Gasteiger partial charge in [-0.25, -0.2) is 4.39 Å². The molecular formula is C15H22ClFN2. The predicted molar refractivity (Wildman–Crippen MR) is 77.8 cm³/mol. The summed E-state index contributed by atoms with van der Waals surface area (Å²) in [5, 5.41) is 4.03. The zero-order valence-electron chi connectivity index (χ0n) is 11.5. The molecule has 0 aliphatic heterocycles. The summed E-state index contributed by atoms with van der Waals surface area (Å²) in [5.74, 6) is -0.246. The van der Waals surface area contributed by atoms with Gasteiger partial charge in [-0.1, -0.05) is 25.4 Å². The molecule has 2 unspecified atom stereocenters. The molecule has 1 aliphatic rings. The Kier molecular flexibility index (Phi) is 4.49. The van der Waals surface area contributed by atoms with Crippen molar-refractivity contribution < 1.29 is 4.39 Å². The van der Waals surface area contributed by atoms with Crippen LogP contribution in [-0.2, 0) is 0 Å². The first kappa shape index (κ1) is 14.8. The third-order valence-electron chi connectivity index (χ3n) is 3.97. The minimum Gasteiger partial charge on any atom is -0.329 e. The highest BCUT2D eigenvalue weighted by molar-refractivity contribution is 6.30. The van der Waals surface area contributed by atoms with Gasteiger partial charge in [-0.15, -0.1) is 0 Å². The third kappa shape index (κ3) is 3.68. The van der Waals surface area contributed by atoms with Crippen LogP contribution in [0.1, 0.15) is 44.7 Å². The molecule has 0 heterocycles. The molecule has 0 aromatic heterocycles. The van der Waals surface area contributed by atoms with E-state index in [1.165, 1.54) is 12.5 Å². The molecule has 0 bridgehead atoms. The van der Waals surface area contributed by atoms with E-state index >= 15 is 0 Å². The second-order valence-corrected chi connectivity index (χ2v) is 6.66. The Morgan fingerprint density at radius 3 is 2.84 bits per heavy atom. The van der Waals surface area contributed by atoms with E-state index in [1.807, 2.05) is 0 Å². The summed E-state index contributed by atoms with van der Waals surface area (Å²) >= 11 is 5.94. The monoisotopic (exact) mass is 284 g/mol. The van der Waals surface area contributed by atoms with Crippen LogP contribution in [0.4, 0.5) is 4.39 Å². The van der Waals surface area contributed by atoms with Gasteiger partial charge in [0.1, 0.15) is 5.82 Å². The Morgan fingerprint density at radius 1 is 1.53 bits per heavy atom.